The van der Waals surface area contributed by atoms with Crippen molar-refractivity contribution in [3.63, 3.8) is 0 Å². The summed E-state index contributed by atoms with van der Waals surface area (Å²) in [7, 11) is 6.04. The molecule has 0 aromatic carbocycles. The second-order valence-electron chi connectivity index (χ2n) is 3.74. The van der Waals surface area contributed by atoms with Crippen molar-refractivity contribution < 1.29 is 4.74 Å². The fraction of sp³-hybridized carbons (Fsp3) is 1.00. The molecule has 0 bridgehead atoms. The van der Waals surface area contributed by atoms with Gasteiger partial charge in [-0.15, -0.1) is 0 Å². The lowest BCUT2D eigenvalue weighted by Crippen LogP contribution is -2.41. The zero-order valence-electron chi connectivity index (χ0n) is 8.92. The fourth-order valence-electron chi connectivity index (χ4n) is 1.47. The molecule has 1 atom stereocenters. The molecular formula is C9H21N3O. The first-order valence-corrected chi connectivity index (χ1v) is 4.85. The molecule has 0 spiro atoms. The molecule has 0 aromatic rings. The van der Waals surface area contributed by atoms with E-state index in [9.17, 15) is 0 Å². The summed E-state index contributed by atoms with van der Waals surface area (Å²) in [5.74, 6) is 0. The molecule has 1 aliphatic rings. The van der Waals surface area contributed by atoms with Crippen molar-refractivity contribution >= 4 is 0 Å². The van der Waals surface area contributed by atoms with Gasteiger partial charge in [-0.1, -0.05) is 0 Å². The third-order valence-electron chi connectivity index (χ3n) is 2.49. The van der Waals surface area contributed by atoms with E-state index in [1.165, 1.54) is 0 Å². The molecule has 1 fully saturated rings. The quantitative estimate of drug-likeness (QED) is 0.595. The number of methoxy groups -OCH3 is 1. The SMILES string of the molecule is COC1CN(C)CCN(C)CCN1. The number of nitrogens with one attached hydrogen (secondary N) is 1. The van der Waals surface area contributed by atoms with Crippen LogP contribution in [0.5, 0.6) is 0 Å². The Morgan fingerprint density at radius 2 is 1.85 bits per heavy atom. The minimum Gasteiger partial charge on any atom is -0.365 e. The molecule has 4 nitrogen and oxygen atoms in total. The number of nitrogens with zero attached hydrogens (tertiary/aromatic N) is 2. The van der Waals surface area contributed by atoms with Crippen molar-refractivity contribution in [3.8, 4) is 0 Å². The Balaban J connectivity index is 2.39. The van der Waals surface area contributed by atoms with Crippen LogP contribution in [0.4, 0.5) is 0 Å². The van der Waals surface area contributed by atoms with Crippen LogP contribution in [0.1, 0.15) is 0 Å². The highest BCUT2D eigenvalue weighted by Gasteiger charge is 2.12. The Bertz CT molecular complexity index is 143. The maximum Gasteiger partial charge on any atom is 0.120 e. The highest BCUT2D eigenvalue weighted by molar-refractivity contribution is 4.67. The minimum atomic E-state index is 0.177. The van der Waals surface area contributed by atoms with Gasteiger partial charge in [-0.05, 0) is 14.1 Å². The zero-order valence-corrected chi connectivity index (χ0v) is 8.92. The highest BCUT2D eigenvalue weighted by Crippen LogP contribution is 1.94. The molecular weight excluding hydrogens is 166 g/mol. The Morgan fingerprint density at radius 3 is 2.54 bits per heavy atom. The summed E-state index contributed by atoms with van der Waals surface area (Å²) in [6, 6.07) is 0. The third-order valence-corrected chi connectivity index (χ3v) is 2.49. The lowest BCUT2D eigenvalue weighted by molar-refractivity contribution is 0.0502. The largest absolute Gasteiger partial charge is 0.365 e. The van der Waals surface area contributed by atoms with Gasteiger partial charge in [-0.2, -0.15) is 0 Å². The van der Waals surface area contributed by atoms with E-state index in [1.807, 2.05) is 0 Å². The van der Waals surface area contributed by atoms with E-state index in [0.29, 0.717) is 0 Å². The Morgan fingerprint density at radius 1 is 1.15 bits per heavy atom. The van der Waals surface area contributed by atoms with Gasteiger partial charge in [0, 0.05) is 39.8 Å². The standard InChI is InChI=1S/C9H21N3O/c1-11-5-4-10-9(13-3)8-12(2)7-6-11/h9-10H,4-8H2,1-3H3. The molecule has 0 amide bonds. The van der Waals surface area contributed by atoms with Crippen LogP contribution >= 0.6 is 0 Å². The van der Waals surface area contributed by atoms with E-state index in [2.05, 4.69) is 29.2 Å². The van der Waals surface area contributed by atoms with Gasteiger partial charge in [-0.3, -0.25) is 5.32 Å². The van der Waals surface area contributed by atoms with Gasteiger partial charge in [0.2, 0.25) is 0 Å². The zero-order chi connectivity index (χ0) is 9.68. The molecule has 1 heterocycles. The van der Waals surface area contributed by atoms with E-state index in [-0.39, 0.29) is 6.23 Å². The second-order valence-corrected chi connectivity index (χ2v) is 3.74. The van der Waals surface area contributed by atoms with E-state index in [4.69, 9.17) is 4.74 Å². The van der Waals surface area contributed by atoms with Gasteiger partial charge in [-0.25, -0.2) is 0 Å². The molecule has 13 heavy (non-hydrogen) atoms. The number of ether oxygens (including phenoxy) is 1. The van der Waals surface area contributed by atoms with E-state index >= 15 is 0 Å². The third kappa shape index (κ3) is 4.04. The van der Waals surface area contributed by atoms with Crippen molar-refractivity contribution in [1.29, 1.82) is 0 Å². The van der Waals surface area contributed by atoms with Gasteiger partial charge in [0.25, 0.3) is 0 Å². The molecule has 0 aliphatic carbocycles. The molecule has 4 heteroatoms. The number of hydrogen-bond acceptors (Lipinski definition) is 4. The van der Waals surface area contributed by atoms with Crippen LogP contribution in [0, 0.1) is 0 Å². The summed E-state index contributed by atoms with van der Waals surface area (Å²) in [5, 5.41) is 3.37. The van der Waals surface area contributed by atoms with Crippen molar-refractivity contribution in [1.82, 2.24) is 15.1 Å². The summed E-state index contributed by atoms with van der Waals surface area (Å²) in [4.78, 5) is 4.63. The van der Waals surface area contributed by atoms with Gasteiger partial charge in [0.15, 0.2) is 0 Å². The monoisotopic (exact) mass is 187 g/mol. The normalized spacial score (nSPS) is 29.3. The van der Waals surface area contributed by atoms with Crippen LogP contribution in [-0.2, 0) is 4.74 Å². The van der Waals surface area contributed by atoms with Crippen LogP contribution in [-0.4, -0.2) is 70.0 Å². The molecule has 0 radical (unpaired) electrons. The number of likely N-dealkylation sites (N-methyl/N-ethyl adjacent to an activating group) is 2. The van der Waals surface area contributed by atoms with Crippen LogP contribution in [0.15, 0.2) is 0 Å². The second kappa shape index (κ2) is 5.54. The first-order chi connectivity index (χ1) is 6.22. The van der Waals surface area contributed by atoms with Gasteiger partial charge < -0.3 is 14.5 Å². The summed E-state index contributed by atoms with van der Waals surface area (Å²) in [6.45, 7) is 5.30. The predicted molar refractivity (Wildman–Crippen MR) is 53.8 cm³/mol. The van der Waals surface area contributed by atoms with Crippen LogP contribution < -0.4 is 5.32 Å². The fourth-order valence-corrected chi connectivity index (χ4v) is 1.47. The molecule has 1 saturated heterocycles. The van der Waals surface area contributed by atoms with Crippen molar-refractivity contribution in [2.24, 2.45) is 0 Å². The first kappa shape index (κ1) is 10.9. The van der Waals surface area contributed by atoms with E-state index in [1.54, 1.807) is 7.11 Å². The molecule has 78 valence electrons. The molecule has 0 aromatic heterocycles. The average molecular weight is 187 g/mol. The van der Waals surface area contributed by atoms with E-state index < -0.39 is 0 Å². The molecule has 1 N–H and O–H groups in total. The smallest absolute Gasteiger partial charge is 0.120 e. The van der Waals surface area contributed by atoms with Crippen molar-refractivity contribution in [3.05, 3.63) is 0 Å². The number of hydrogen-bond donors (Lipinski definition) is 1. The number of rotatable bonds is 1. The van der Waals surface area contributed by atoms with Crippen molar-refractivity contribution in [2.75, 3.05) is 53.9 Å². The van der Waals surface area contributed by atoms with Crippen LogP contribution in [0.25, 0.3) is 0 Å². The van der Waals surface area contributed by atoms with Crippen LogP contribution in [0.3, 0.4) is 0 Å². The van der Waals surface area contributed by atoms with Crippen molar-refractivity contribution in [2.45, 2.75) is 6.23 Å². The Kier molecular flexibility index (Phi) is 4.66. The Labute approximate surface area is 80.8 Å². The van der Waals surface area contributed by atoms with E-state index in [0.717, 1.165) is 32.7 Å². The average Bonchev–Trinajstić information content (AvgIpc) is 2.19. The summed E-state index contributed by atoms with van der Waals surface area (Å²) < 4.78 is 5.32. The lowest BCUT2D eigenvalue weighted by Gasteiger charge is -2.22. The highest BCUT2D eigenvalue weighted by atomic mass is 16.5. The predicted octanol–water partition coefficient (Wildman–Crippen LogP) is -0.574. The summed E-state index contributed by atoms with van der Waals surface area (Å²) in [6.07, 6.45) is 0.177. The summed E-state index contributed by atoms with van der Waals surface area (Å²) in [5.41, 5.74) is 0. The molecule has 1 rings (SSSR count). The molecule has 1 aliphatic heterocycles. The topological polar surface area (TPSA) is 27.7 Å². The maximum atomic E-state index is 5.32. The molecule has 0 saturated carbocycles. The molecule has 1 unspecified atom stereocenters. The van der Waals surface area contributed by atoms with Gasteiger partial charge >= 0.3 is 0 Å². The van der Waals surface area contributed by atoms with Gasteiger partial charge in [0.05, 0.1) is 0 Å². The van der Waals surface area contributed by atoms with Gasteiger partial charge in [0.1, 0.15) is 6.23 Å². The Hall–Kier alpha value is -0.160. The maximum absolute atomic E-state index is 5.32. The minimum absolute atomic E-state index is 0.177. The lowest BCUT2D eigenvalue weighted by atomic mass is 10.4. The van der Waals surface area contributed by atoms with Crippen LogP contribution in [0.2, 0.25) is 0 Å². The summed E-state index contributed by atoms with van der Waals surface area (Å²) >= 11 is 0. The first-order valence-electron chi connectivity index (χ1n) is 4.85.